The maximum atomic E-state index is 12.8. The zero-order chi connectivity index (χ0) is 27.0. The standard InChI is InChI=1S/C26H40N6O5S/c1-18(2)32-24-7-5-4-6-23(24)25(28-32)37-26(34)27-19-14-20-8-9-21(15-19)31(20)17-22(33)16-29-10-12-30(13-11-29)38(3,35)36/h4-7,18-22,33H,8-17H2,1-3H3,(H,27,34)/t19-,20-,21+,22-/m0/s1. The van der Waals surface area contributed by atoms with Crippen LogP contribution in [0.5, 0.6) is 5.88 Å². The number of aliphatic hydroxyl groups excluding tert-OH is 1. The van der Waals surface area contributed by atoms with Crippen LogP contribution in [0.2, 0.25) is 0 Å². The van der Waals surface area contributed by atoms with Crippen molar-refractivity contribution in [2.24, 2.45) is 0 Å². The van der Waals surface area contributed by atoms with Crippen LogP contribution in [0, 0.1) is 0 Å². The first-order valence-corrected chi connectivity index (χ1v) is 15.5. The summed E-state index contributed by atoms with van der Waals surface area (Å²) in [4.78, 5) is 17.4. The van der Waals surface area contributed by atoms with E-state index in [0.717, 1.165) is 36.6 Å². The number of nitrogens with zero attached hydrogens (tertiary/aromatic N) is 5. The lowest BCUT2D eigenvalue weighted by Crippen LogP contribution is -2.55. The van der Waals surface area contributed by atoms with Gasteiger partial charge in [-0.25, -0.2) is 13.2 Å². The van der Waals surface area contributed by atoms with Gasteiger partial charge in [0.15, 0.2) is 0 Å². The molecule has 2 bridgehead atoms. The highest BCUT2D eigenvalue weighted by molar-refractivity contribution is 7.88. The lowest BCUT2D eigenvalue weighted by atomic mass is 9.97. The highest BCUT2D eigenvalue weighted by atomic mass is 32.2. The second-order valence-corrected chi connectivity index (χ2v) is 13.2. The number of piperidine rings is 1. The molecule has 12 heteroatoms. The number of piperazine rings is 1. The number of nitrogens with one attached hydrogen (secondary N) is 1. The number of fused-ring (bicyclic) bond motifs is 3. The number of hydrogen-bond acceptors (Lipinski definition) is 8. The fourth-order valence-corrected chi connectivity index (χ4v) is 7.17. The van der Waals surface area contributed by atoms with E-state index in [4.69, 9.17) is 4.74 Å². The molecule has 0 unspecified atom stereocenters. The molecule has 3 fully saturated rings. The average Bonchev–Trinajstić information content (AvgIpc) is 3.32. The first-order valence-electron chi connectivity index (χ1n) is 13.7. The number of benzene rings is 1. The van der Waals surface area contributed by atoms with E-state index in [1.54, 1.807) is 0 Å². The van der Waals surface area contributed by atoms with Gasteiger partial charge in [0.25, 0.3) is 5.88 Å². The monoisotopic (exact) mass is 548 g/mol. The summed E-state index contributed by atoms with van der Waals surface area (Å²) >= 11 is 0. The fourth-order valence-electron chi connectivity index (χ4n) is 6.35. The number of carbonyl (C=O) groups is 1. The Morgan fingerprint density at radius 1 is 1.11 bits per heavy atom. The molecule has 0 aliphatic carbocycles. The van der Waals surface area contributed by atoms with Gasteiger partial charge >= 0.3 is 6.09 Å². The number of carbonyl (C=O) groups excluding carboxylic acids is 1. The maximum Gasteiger partial charge on any atom is 0.414 e. The number of para-hydroxylation sites is 1. The van der Waals surface area contributed by atoms with Crippen molar-refractivity contribution in [2.75, 3.05) is 45.5 Å². The summed E-state index contributed by atoms with van der Waals surface area (Å²) in [6.07, 6.45) is 4.03. The first-order chi connectivity index (χ1) is 18.1. The summed E-state index contributed by atoms with van der Waals surface area (Å²) in [6.45, 7) is 7.43. The third-order valence-corrected chi connectivity index (χ3v) is 9.46. The van der Waals surface area contributed by atoms with Crippen LogP contribution >= 0.6 is 0 Å². The summed E-state index contributed by atoms with van der Waals surface area (Å²) in [7, 11) is -3.16. The van der Waals surface area contributed by atoms with Crippen LogP contribution in [0.1, 0.15) is 45.6 Å². The molecule has 210 valence electrons. The lowest BCUT2D eigenvalue weighted by Gasteiger charge is -2.41. The molecule has 11 nitrogen and oxygen atoms in total. The minimum atomic E-state index is -3.16. The van der Waals surface area contributed by atoms with E-state index in [0.29, 0.717) is 57.2 Å². The molecular weight excluding hydrogens is 508 g/mol. The average molecular weight is 549 g/mol. The van der Waals surface area contributed by atoms with Crippen LogP contribution in [-0.4, -0.2) is 113 Å². The summed E-state index contributed by atoms with van der Waals surface area (Å²) < 4.78 is 32.5. The number of β-amino-alcohol motifs (C(OH)–C–C–N with tert-alkyl or cyclic N) is 1. The van der Waals surface area contributed by atoms with Crippen LogP contribution in [0.3, 0.4) is 0 Å². The largest absolute Gasteiger partial charge is 0.414 e. The quantitative estimate of drug-likeness (QED) is 0.511. The van der Waals surface area contributed by atoms with Crippen molar-refractivity contribution in [1.82, 2.24) is 29.2 Å². The van der Waals surface area contributed by atoms with E-state index in [9.17, 15) is 18.3 Å². The van der Waals surface area contributed by atoms with Crippen molar-refractivity contribution in [3.05, 3.63) is 24.3 Å². The van der Waals surface area contributed by atoms with Crippen molar-refractivity contribution >= 4 is 27.0 Å². The van der Waals surface area contributed by atoms with Gasteiger partial charge in [0.1, 0.15) is 0 Å². The Morgan fingerprint density at radius 2 is 1.76 bits per heavy atom. The summed E-state index contributed by atoms with van der Waals surface area (Å²) in [5.74, 6) is 0.327. The van der Waals surface area contributed by atoms with Crippen molar-refractivity contribution in [3.63, 3.8) is 0 Å². The number of sulfonamides is 1. The van der Waals surface area contributed by atoms with Crippen LogP contribution in [0.4, 0.5) is 4.79 Å². The van der Waals surface area contributed by atoms with Gasteiger partial charge in [-0.3, -0.25) is 14.5 Å². The van der Waals surface area contributed by atoms with E-state index in [2.05, 4.69) is 20.2 Å². The number of hydrogen-bond donors (Lipinski definition) is 2. The molecule has 1 aromatic heterocycles. The molecule has 3 aliphatic rings. The van der Waals surface area contributed by atoms with Gasteiger partial charge in [-0.1, -0.05) is 12.1 Å². The van der Waals surface area contributed by atoms with Crippen LogP contribution in [-0.2, 0) is 10.0 Å². The topological polar surface area (TPSA) is 120 Å². The Hall–Kier alpha value is -2.25. The summed E-state index contributed by atoms with van der Waals surface area (Å²) in [5, 5.41) is 19.2. The smallest absolute Gasteiger partial charge is 0.390 e. The third-order valence-electron chi connectivity index (χ3n) is 8.16. The molecule has 1 amide bonds. The van der Waals surface area contributed by atoms with Crippen molar-refractivity contribution in [1.29, 1.82) is 0 Å². The molecule has 2 aromatic rings. The number of aliphatic hydroxyl groups is 1. The minimum Gasteiger partial charge on any atom is -0.390 e. The second-order valence-electron chi connectivity index (χ2n) is 11.3. The molecule has 1 aromatic carbocycles. The second kappa shape index (κ2) is 11.1. The highest BCUT2D eigenvalue weighted by Crippen LogP contribution is 2.36. The fraction of sp³-hybridized carbons (Fsp3) is 0.692. The zero-order valence-electron chi connectivity index (χ0n) is 22.5. The molecule has 0 saturated carbocycles. The van der Waals surface area contributed by atoms with E-state index in [-0.39, 0.29) is 12.1 Å². The SMILES string of the molecule is CC(C)n1nc(OC(=O)N[C@@H]2C[C@H]3CC[C@@H](C2)N3C[C@@H](O)CN2CCN(S(C)(=O)=O)CC2)c2ccccc21. The van der Waals surface area contributed by atoms with Gasteiger partial charge in [-0.2, -0.15) is 4.31 Å². The molecule has 0 radical (unpaired) electrons. The van der Waals surface area contributed by atoms with Crippen LogP contribution in [0.15, 0.2) is 24.3 Å². The molecule has 38 heavy (non-hydrogen) atoms. The van der Waals surface area contributed by atoms with Crippen LogP contribution < -0.4 is 10.1 Å². The van der Waals surface area contributed by atoms with Gasteiger partial charge in [0.05, 0.1) is 23.3 Å². The summed E-state index contributed by atoms with van der Waals surface area (Å²) in [5.41, 5.74) is 0.937. The molecular formula is C26H40N6O5S. The zero-order valence-corrected chi connectivity index (χ0v) is 23.3. The number of rotatable bonds is 8. The third kappa shape index (κ3) is 5.99. The Kier molecular flexibility index (Phi) is 7.97. The maximum absolute atomic E-state index is 12.8. The Labute approximate surface area is 224 Å². The van der Waals surface area contributed by atoms with E-state index >= 15 is 0 Å². The van der Waals surface area contributed by atoms with Gasteiger partial charge in [-0.05, 0) is 51.7 Å². The van der Waals surface area contributed by atoms with Gasteiger partial charge in [0, 0.05) is 63.4 Å². The normalized spacial score (nSPS) is 26.2. The molecule has 3 saturated heterocycles. The van der Waals surface area contributed by atoms with Crippen molar-refractivity contribution < 1.29 is 23.1 Å². The lowest BCUT2D eigenvalue weighted by molar-refractivity contribution is 0.0282. The molecule has 4 heterocycles. The highest BCUT2D eigenvalue weighted by Gasteiger charge is 2.42. The molecule has 0 spiro atoms. The van der Waals surface area contributed by atoms with E-state index < -0.39 is 22.2 Å². The Balaban J connectivity index is 1.11. The minimum absolute atomic E-state index is 0.0240. The Morgan fingerprint density at radius 3 is 2.39 bits per heavy atom. The molecule has 2 N–H and O–H groups in total. The number of amides is 1. The van der Waals surface area contributed by atoms with Crippen molar-refractivity contribution in [2.45, 2.75) is 69.8 Å². The summed E-state index contributed by atoms with van der Waals surface area (Å²) in [6, 6.07) is 8.56. The van der Waals surface area contributed by atoms with Crippen molar-refractivity contribution in [3.8, 4) is 5.88 Å². The Bertz CT molecular complexity index is 1230. The van der Waals surface area contributed by atoms with Gasteiger partial charge in [0.2, 0.25) is 10.0 Å². The van der Waals surface area contributed by atoms with Gasteiger partial charge < -0.3 is 15.2 Å². The molecule has 5 rings (SSSR count). The first kappa shape index (κ1) is 27.3. The predicted octanol–water partition coefficient (Wildman–Crippen LogP) is 1.64. The number of aromatic nitrogens is 2. The van der Waals surface area contributed by atoms with Gasteiger partial charge in [-0.15, -0.1) is 5.10 Å². The predicted molar refractivity (Wildman–Crippen MR) is 145 cm³/mol. The number of ether oxygens (including phenoxy) is 1. The molecule has 3 aliphatic heterocycles. The van der Waals surface area contributed by atoms with Crippen LogP contribution in [0.25, 0.3) is 10.9 Å². The van der Waals surface area contributed by atoms with E-state index in [1.807, 2.05) is 42.8 Å². The van der Waals surface area contributed by atoms with E-state index in [1.165, 1.54) is 10.6 Å². The molecule has 4 atom stereocenters.